The topological polar surface area (TPSA) is 21.7 Å². The number of hydrogen-bond acceptors (Lipinski definition) is 3. The third-order valence-electron chi connectivity index (χ3n) is 4.39. The summed E-state index contributed by atoms with van der Waals surface area (Å²) in [5.41, 5.74) is 1.35. The average Bonchev–Trinajstić information content (AvgIpc) is 2.30. The molecule has 20 heavy (non-hydrogen) atoms. The molecule has 0 atom stereocenters. The van der Waals surface area contributed by atoms with Crippen LogP contribution in [-0.2, 0) is 9.47 Å². The Bertz CT molecular complexity index is 277. The van der Waals surface area contributed by atoms with E-state index in [1.807, 2.05) is 0 Å². The van der Waals surface area contributed by atoms with Gasteiger partial charge in [0, 0.05) is 33.9 Å². The van der Waals surface area contributed by atoms with Gasteiger partial charge < -0.3 is 9.47 Å². The zero-order valence-corrected chi connectivity index (χ0v) is 15.7. The van der Waals surface area contributed by atoms with Crippen molar-refractivity contribution in [2.75, 3.05) is 47.1 Å². The Kier molecular flexibility index (Phi) is 8.90. The molecule has 4 heteroatoms. The second kappa shape index (κ2) is 8.98. The fraction of sp³-hybridized carbons (Fsp3) is 0.875. The van der Waals surface area contributed by atoms with Gasteiger partial charge in [-0.15, -0.1) is 0 Å². The lowest BCUT2D eigenvalue weighted by Gasteiger charge is -2.38. The molecule has 0 radical (unpaired) electrons. The van der Waals surface area contributed by atoms with Crippen molar-refractivity contribution >= 4 is 8.07 Å². The minimum atomic E-state index is -1.29. The van der Waals surface area contributed by atoms with Crippen molar-refractivity contribution in [1.29, 1.82) is 0 Å². The fourth-order valence-electron chi connectivity index (χ4n) is 1.97. The molecule has 0 amide bonds. The predicted molar refractivity (Wildman–Crippen MR) is 91.3 cm³/mol. The van der Waals surface area contributed by atoms with E-state index < -0.39 is 8.07 Å². The van der Waals surface area contributed by atoms with Crippen LogP contribution in [0.3, 0.4) is 0 Å². The molecule has 0 aromatic carbocycles. The highest BCUT2D eigenvalue weighted by Gasteiger charge is 2.35. The highest BCUT2D eigenvalue weighted by Crippen LogP contribution is 2.40. The predicted octanol–water partition coefficient (Wildman–Crippen LogP) is 3.65. The maximum atomic E-state index is 5.19. The van der Waals surface area contributed by atoms with Gasteiger partial charge in [-0.25, -0.2) is 0 Å². The summed E-state index contributed by atoms with van der Waals surface area (Å²) in [7, 11) is 2.21. The quantitative estimate of drug-likeness (QED) is 0.454. The third-order valence-corrected chi connectivity index (χ3v) is 9.84. The summed E-state index contributed by atoms with van der Waals surface area (Å²) in [6.45, 7) is 20.7. The average molecular weight is 302 g/mol. The van der Waals surface area contributed by atoms with Crippen LogP contribution in [0, 0.1) is 0 Å². The molecule has 3 nitrogen and oxygen atoms in total. The van der Waals surface area contributed by atoms with E-state index in [0.29, 0.717) is 5.04 Å². The summed E-state index contributed by atoms with van der Waals surface area (Å²) in [5.74, 6) is 0. The third kappa shape index (κ3) is 7.57. The van der Waals surface area contributed by atoms with Crippen LogP contribution in [-0.4, -0.2) is 60.0 Å². The largest absolute Gasteiger partial charge is 0.383 e. The molecule has 0 unspecified atom stereocenters. The van der Waals surface area contributed by atoms with E-state index in [4.69, 9.17) is 9.47 Å². The molecule has 0 aromatic rings. The molecule has 0 bridgehead atoms. The number of hydrogen-bond donors (Lipinski definition) is 0. The molecule has 0 saturated heterocycles. The van der Waals surface area contributed by atoms with Gasteiger partial charge in [-0.1, -0.05) is 46.0 Å². The second-order valence-corrected chi connectivity index (χ2v) is 12.9. The van der Waals surface area contributed by atoms with Crippen LogP contribution < -0.4 is 0 Å². The van der Waals surface area contributed by atoms with Crippen LogP contribution in [0.15, 0.2) is 12.2 Å². The molecular formula is C16H35NO2Si. The minimum absolute atomic E-state index is 0.416. The molecule has 0 rings (SSSR count). The van der Waals surface area contributed by atoms with Gasteiger partial charge in [0.05, 0.1) is 21.3 Å². The van der Waals surface area contributed by atoms with Crippen LogP contribution in [0.25, 0.3) is 0 Å². The lowest BCUT2D eigenvalue weighted by atomic mass is 10.2. The van der Waals surface area contributed by atoms with Crippen molar-refractivity contribution in [1.82, 2.24) is 4.90 Å². The van der Waals surface area contributed by atoms with Crippen molar-refractivity contribution < 1.29 is 9.47 Å². The van der Waals surface area contributed by atoms with Crippen LogP contribution in [0.1, 0.15) is 20.8 Å². The number of nitrogens with zero attached hydrogens (tertiary/aromatic N) is 1. The van der Waals surface area contributed by atoms with Gasteiger partial charge in [-0.3, -0.25) is 4.90 Å². The Labute approximate surface area is 127 Å². The SMILES string of the molecule is C=C(CN(CCOC)CCOC)C[Si](C)(C)C(C)(C)C. The molecule has 0 spiro atoms. The van der Waals surface area contributed by atoms with Crippen molar-refractivity contribution in [3.63, 3.8) is 0 Å². The molecule has 0 saturated carbocycles. The van der Waals surface area contributed by atoms with Gasteiger partial charge in [0.15, 0.2) is 0 Å². The van der Waals surface area contributed by atoms with Gasteiger partial charge in [-0.05, 0) is 11.1 Å². The van der Waals surface area contributed by atoms with E-state index in [2.05, 4.69) is 45.3 Å². The normalized spacial score (nSPS) is 13.0. The zero-order valence-electron chi connectivity index (χ0n) is 14.7. The summed E-state index contributed by atoms with van der Waals surface area (Å²) < 4.78 is 10.4. The zero-order chi connectivity index (χ0) is 15.8. The van der Waals surface area contributed by atoms with E-state index in [-0.39, 0.29) is 0 Å². The highest BCUT2D eigenvalue weighted by atomic mass is 28.3. The first-order valence-electron chi connectivity index (χ1n) is 7.51. The van der Waals surface area contributed by atoms with Crippen LogP contribution in [0.5, 0.6) is 0 Å². The molecule has 0 aliphatic carbocycles. The van der Waals surface area contributed by atoms with E-state index in [1.165, 1.54) is 11.6 Å². The smallest absolute Gasteiger partial charge is 0.0589 e. The maximum Gasteiger partial charge on any atom is 0.0589 e. The lowest BCUT2D eigenvalue weighted by Crippen LogP contribution is -2.39. The Morgan fingerprint density at radius 3 is 1.85 bits per heavy atom. The maximum absolute atomic E-state index is 5.19. The van der Waals surface area contributed by atoms with E-state index >= 15 is 0 Å². The number of rotatable bonds is 10. The molecule has 0 aliphatic rings. The Balaban J connectivity index is 4.44. The van der Waals surface area contributed by atoms with E-state index in [0.717, 1.165) is 32.8 Å². The molecule has 0 aromatic heterocycles. The fourth-order valence-corrected chi connectivity index (χ4v) is 3.87. The van der Waals surface area contributed by atoms with Crippen LogP contribution in [0.4, 0.5) is 0 Å². The van der Waals surface area contributed by atoms with Crippen LogP contribution in [0.2, 0.25) is 24.2 Å². The summed E-state index contributed by atoms with van der Waals surface area (Å²) in [4.78, 5) is 2.38. The minimum Gasteiger partial charge on any atom is -0.383 e. The van der Waals surface area contributed by atoms with E-state index in [9.17, 15) is 0 Å². The summed E-state index contributed by atoms with van der Waals surface area (Å²) in [6, 6.07) is 1.19. The van der Waals surface area contributed by atoms with Gasteiger partial charge in [0.2, 0.25) is 0 Å². The van der Waals surface area contributed by atoms with Gasteiger partial charge in [0.25, 0.3) is 0 Å². The number of methoxy groups -OCH3 is 2. The standard InChI is InChI=1S/C16H35NO2Si/c1-15(14-20(7,8)16(2,3)4)13-17(9-11-18-5)10-12-19-6/h1,9-14H2,2-8H3. The molecular weight excluding hydrogens is 266 g/mol. The first-order valence-corrected chi connectivity index (χ1v) is 10.7. The summed E-state index contributed by atoms with van der Waals surface area (Å²) in [5, 5.41) is 0.416. The summed E-state index contributed by atoms with van der Waals surface area (Å²) >= 11 is 0. The second-order valence-electron chi connectivity index (χ2n) is 7.32. The van der Waals surface area contributed by atoms with Crippen molar-refractivity contribution in [3.05, 3.63) is 12.2 Å². The molecule has 0 heterocycles. The van der Waals surface area contributed by atoms with Crippen molar-refractivity contribution in [2.24, 2.45) is 0 Å². The first-order chi connectivity index (χ1) is 9.14. The Hall–Kier alpha value is -0.163. The molecule has 0 fully saturated rings. The molecule has 120 valence electrons. The molecule has 0 N–H and O–H groups in total. The Morgan fingerprint density at radius 2 is 1.50 bits per heavy atom. The number of ether oxygens (including phenoxy) is 2. The van der Waals surface area contributed by atoms with Crippen molar-refractivity contribution in [2.45, 2.75) is 44.9 Å². The van der Waals surface area contributed by atoms with E-state index in [1.54, 1.807) is 14.2 Å². The monoisotopic (exact) mass is 301 g/mol. The Morgan fingerprint density at radius 1 is 1.05 bits per heavy atom. The first kappa shape index (κ1) is 19.8. The van der Waals surface area contributed by atoms with Gasteiger partial charge >= 0.3 is 0 Å². The highest BCUT2D eigenvalue weighted by molar-refractivity contribution is 6.80. The van der Waals surface area contributed by atoms with Crippen LogP contribution >= 0.6 is 0 Å². The van der Waals surface area contributed by atoms with Gasteiger partial charge in [-0.2, -0.15) is 0 Å². The molecule has 0 aliphatic heterocycles. The summed E-state index contributed by atoms with van der Waals surface area (Å²) in [6.07, 6.45) is 0. The van der Waals surface area contributed by atoms with Crippen molar-refractivity contribution in [3.8, 4) is 0 Å². The van der Waals surface area contributed by atoms with Gasteiger partial charge in [0.1, 0.15) is 0 Å². The lowest BCUT2D eigenvalue weighted by molar-refractivity contribution is 0.119.